The number of carbonyl (C=O) groups is 2. The van der Waals surface area contributed by atoms with E-state index in [0.29, 0.717) is 0 Å². The lowest BCUT2D eigenvalue weighted by atomic mass is 9.93. The molecule has 0 bridgehead atoms. The molecule has 0 aliphatic carbocycles. The first kappa shape index (κ1) is 21.1. The van der Waals surface area contributed by atoms with Crippen LogP contribution in [0.15, 0.2) is 23.3 Å². The largest absolute Gasteiger partial charge is 0.444 e. The molecule has 1 saturated heterocycles. The van der Waals surface area contributed by atoms with Crippen LogP contribution in [-0.2, 0) is 9.53 Å². The van der Waals surface area contributed by atoms with Crippen LogP contribution in [0.4, 0.5) is 18.0 Å². The second-order valence-corrected chi connectivity index (χ2v) is 8.27. The molecular formula is C20H24F3N3O3. The third-order valence-electron chi connectivity index (χ3n) is 4.84. The highest BCUT2D eigenvalue weighted by molar-refractivity contribution is 5.83. The molecule has 158 valence electrons. The van der Waals surface area contributed by atoms with Gasteiger partial charge in [0.2, 0.25) is 5.91 Å². The third kappa shape index (κ3) is 4.89. The smallest absolute Gasteiger partial charge is 0.410 e. The first-order chi connectivity index (χ1) is 13.5. The monoisotopic (exact) mass is 411 g/mol. The van der Waals surface area contributed by atoms with Crippen molar-refractivity contribution in [3.8, 4) is 0 Å². The number of amides is 2. The molecule has 3 atom stereocenters. The van der Waals surface area contributed by atoms with Crippen LogP contribution in [0, 0.1) is 17.6 Å². The van der Waals surface area contributed by atoms with Crippen molar-refractivity contribution in [2.24, 2.45) is 11.0 Å². The molecule has 1 aromatic rings. The summed E-state index contributed by atoms with van der Waals surface area (Å²) in [5, 5.41) is 5.10. The molecular weight excluding hydrogens is 387 g/mol. The molecule has 2 amide bonds. The number of halogens is 3. The molecule has 0 radical (unpaired) electrons. The van der Waals surface area contributed by atoms with Crippen molar-refractivity contribution >= 4 is 18.2 Å². The van der Waals surface area contributed by atoms with Gasteiger partial charge in [-0.05, 0) is 44.9 Å². The van der Waals surface area contributed by atoms with Crippen LogP contribution in [0.5, 0.6) is 0 Å². The van der Waals surface area contributed by atoms with Crippen molar-refractivity contribution in [1.82, 2.24) is 9.91 Å². The first-order valence-electron chi connectivity index (χ1n) is 9.48. The number of hydrogen-bond acceptors (Lipinski definition) is 4. The Kier molecular flexibility index (Phi) is 5.86. The van der Waals surface area contributed by atoms with Gasteiger partial charge in [-0.15, -0.1) is 0 Å². The lowest BCUT2D eigenvalue weighted by Crippen LogP contribution is -2.50. The maximum Gasteiger partial charge on any atom is 0.410 e. The molecule has 0 N–H and O–H groups in total. The number of likely N-dealkylation sites (tertiary alicyclic amines) is 1. The molecule has 29 heavy (non-hydrogen) atoms. The van der Waals surface area contributed by atoms with Crippen molar-refractivity contribution in [2.45, 2.75) is 51.4 Å². The lowest BCUT2D eigenvalue weighted by Gasteiger charge is -2.36. The minimum absolute atomic E-state index is 0.107. The van der Waals surface area contributed by atoms with E-state index in [1.165, 1.54) is 11.1 Å². The van der Waals surface area contributed by atoms with E-state index in [0.717, 1.165) is 23.2 Å². The first-order valence-corrected chi connectivity index (χ1v) is 9.48. The number of piperidine rings is 1. The number of hydrogen-bond donors (Lipinski definition) is 0. The molecule has 1 fully saturated rings. The number of nitrogens with zero attached hydrogens (tertiary/aromatic N) is 3. The second-order valence-electron chi connectivity index (χ2n) is 8.27. The van der Waals surface area contributed by atoms with Gasteiger partial charge in [-0.2, -0.15) is 5.10 Å². The van der Waals surface area contributed by atoms with Crippen LogP contribution in [0.3, 0.4) is 0 Å². The van der Waals surface area contributed by atoms with E-state index in [9.17, 15) is 22.8 Å². The Morgan fingerprint density at radius 1 is 1.17 bits per heavy atom. The number of rotatable bonds is 2. The Balaban J connectivity index is 1.68. The van der Waals surface area contributed by atoms with Crippen LogP contribution in [0.1, 0.15) is 45.2 Å². The minimum atomic E-state index is -1.59. The zero-order chi connectivity index (χ0) is 21.3. The average Bonchev–Trinajstić information content (AvgIpc) is 3.08. The Labute approximate surface area is 167 Å². The molecule has 0 saturated carbocycles. The Hall–Kier alpha value is -2.58. The maximum atomic E-state index is 14.8. The standard InChI is InChI=1S/C20H24F3N3O3/c1-20(2,3)29-19(28)25-7-5-15(16(23)11-25)18(27)26-17(4-6-24-26)12-8-13(21)10-14(22)9-12/h6,8-10,15-17H,4-5,7,11H2,1-3H3/t15-,16?,17?/m1/s1. The normalized spacial score (nSPS) is 24.7. The van der Waals surface area contributed by atoms with Gasteiger partial charge in [0.1, 0.15) is 23.4 Å². The Morgan fingerprint density at radius 2 is 1.83 bits per heavy atom. The summed E-state index contributed by atoms with van der Waals surface area (Å²) < 4.78 is 47.2. The molecule has 0 aromatic heterocycles. The van der Waals surface area contributed by atoms with E-state index in [2.05, 4.69) is 5.10 Å². The summed E-state index contributed by atoms with van der Waals surface area (Å²) >= 11 is 0. The number of hydrazone groups is 1. The highest BCUT2D eigenvalue weighted by Crippen LogP contribution is 2.33. The molecule has 2 heterocycles. The van der Waals surface area contributed by atoms with Gasteiger partial charge in [-0.3, -0.25) is 4.79 Å². The number of alkyl halides is 1. The van der Waals surface area contributed by atoms with Crippen LogP contribution in [-0.4, -0.2) is 53.0 Å². The predicted octanol–water partition coefficient (Wildman–Crippen LogP) is 3.82. The molecule has 2 aliphatic rings. The predicted molar refractivity (Wildman–Crippen MR) is 99.9 cm³/mol. The van der Waals surface area contributed by atoms with E-state index in [-0.39, 0.29) is 31.5 Å². The molecule has 0 spiro atoms. The lowest BCUT2D eigenvalue weighted by molar-refractivity contribution is -0.141. The third-order valence-corrected chi connectivity index (χ3v) is 4.84. The Morgan fingerprint density at radius 3 is 2.41 bits per heavy atom. The van der Waals surface area contributed by atoms with Gasteiger partial charge in [0.25, 0.3) is 0 Å². The topological polar surface area (TPSA) is 62.2 Å². The number of carbonyl (C=O) groups excluding carboxylic acids is 2. The van der Waals surface area contributed by atoms with Crippen molar-refractivity contribution in [3.05, 3.63) is 35.4 Å². The van der Waals surface area contributed by atoms with Gasteiger partial charge in [0.15, 0.2) is 0 Å². The summed E-state index contributed by atoms with van der Waals surface area (Å²) in [7, 11) is 0. The van der Waals surface area contributed by atoms with Crippen LogP contribution in [0.2, 0.25) is 0 Å². The SMILES string of the molecule is CC(C)(C)OC(=O)N1CC[C@@H](C(=O)N2N=CCC2c2cc(F)cc(F)c2)C(F)C1. The highest BCUT2D eigenvalue weighted by Gasteiger charge is 2.42. The molecule has 6 nitrogen and oxygen atoms in total. The van der Waals surface area contributed by atoms with Crippen LogP contribution < -0.4 is 0 Å². The summed E-state index contributed by atoms with van der Waals surface area (Å²) in [6, 6.07) is 2.33. The second kappa shape index (κ2) is 8.04. The molecule has 3 rings (SSSR count). The van der Waals surface area contributed by atoms with Gasteiger partial charge in [0.05, 0.1) is 18.5 Å². The fourth-order valence-electron chi connectivity index (χ4n) is 3.52. The van der Waals surface area contributed by atoms with Crippen molar-refractivity contribution < 1.29 is 27.5 Å². The molecule has 1 aromatic carbocycles. The summed E-state index contributed by atoms with van der Waals surface area (Å²) in [5.41, 5.74) is -0.442. The van der Waals surface area contributed by atoms with E-state index >= 15 is 0 Å². The fourth-order valence-corrected chi connectivity index (χ4v) is 3.52. The van der Waals surface area contributed by atoms with E-state index < -0.39 is 47.4 Å². The van der Waals surface area contributed by atoms with Gasteiger partial charge in [0, 0.05) is 25.2 Å². The summed E-state index contributed by atoms with van der Waals surface area (Å²) in [5.74, 6) is -3.07. The zero-order valence-corrected chi connectivity index (χ0v) is 16.6. The maximum absolute atomic E-state index is 14.8. The van der Waals surface area contributed by atoms with E-state index in [4.69, 9.17) is 4.74 Å². The van der Waals surface area contributed by atoms with Crippen molar-refractivity contribution in [3.63, 3.8) is 0 Å². The quantitative estimate of drug-likeness (QED) is 0.743. The molecule has 2 unspecified atom stereocenters. The fraction of sp³-hybridized carbons (Fsp3) is 0.550. The minimum Gasteiger partial charge on any atom is -0.444 e. The zero-order valence-electron chi connectivity index (χ0n) is 16.6. The van der Waals surface area contributed by atoms with Gasteiger partial charge in [-0.1, -0.05) is 0 Å². The summed E-state index contributed by atoms with van der Waals surface area (Å²) in [4.78, 5) is 26.3. The van der Waals surface area contributed by atoms with Gasteiger partial charge < -0.3 is 9.64 Å². The van der Waals surface area contributed by atoms with Gasteiger partial charge in [-0.25, -0.2) is 23.0 Å². The highest BCUT2D eigenvalue weighted by atomic mass is 19.1. The van der Waals surface area contributed by atoms with Gasteiger partial charge >= 0.3 is 6.09 Å². The van der Waals surface area contributed by atoms with Crippen molar-refractivity contribution in [2.75, 3.05) is 13.1 Å². The average molecular weight is 411 g/mol. The number of benzene rings is 1. The summed E-state index contributed by atoms with van der Waals surface area (Å²) in [6.45, 7) is 5.06. The van der Waals surface area contributed by atoms with Crippen LogP contribution >= 0.6 is 0 Å². The van der Waals surface area contributed by atoms with E-state index in [1.54, 1.807) is 20.8 Å². The van der Waals surface area contributed by atoms with E-state index in [1.807, 2.05) is 0 Å². The molecule has 2 aliphatic heterocycles. The number of ether oxygens (including phenoxy) is 1. The summed E-state index contributed by atoms with van der Waals surface area (Å²) in [6.07, 6.45) is -0.366. The Bertz CT molecular complexity index is 805. The van der Waals surface area contributed by atoms with Crippen molar-refractivity contribution in [1.29, 1.82) is 0 Å². The molecule has 9 heteroatoms. The van der Waals surface area contributed by atoms with Crippen LogP contribution in [0.25, 0.3) is 0 Å².